The molecule has 3 nitrogen and oxygen atoms in total. The Morgan fingerprint density at radius 1 is 0.952 bits per heavy atom. The second-order valence-electron chi connectivity index (χ2n) is 5.90. The number of hydrogen-bond donors (Lipinski definition) is 2. The normalized spacial score (nSPS) is 12.9. The molecule has 0 saturated carbocycles. The molecule has 1 unspecified atom stereocenters. The Morgan fingerprint density at radius 3 is 2.10 bits per heavy atom. The molecule has 0 aromatic rings. The minimum absolute atomic E-state index is 0.254. The van der Waals surface area contributed by atoms with Gasteiger partial charge in [0.15, 0.2) is 0 Å². The molecule has 3 heteroatoms. The van der Waals surface area contributed by atoms with Crippen molar-refractivity contribution in [2.24, 2.45) is 0 Å². The van der Waals surface area contributed by atoms with Crippen LogP contribution in [0, 0.1) is 0 Å². The van der Waals surface area contributed by atoms with Crippen LogP contribution in [0.4, 0.5) is 0 Å². The van der Waals surface area contributed by atoms with E-state index in [-0.39, 0.29) is 6.10 Å². The van der Waals surface area contributed by atoms with Gasteiger partial charge in [-0.1, -0.05) is 70.4 Å². The standard InChI is InChI=1S/C18H34O3/c1-2-3-14-17(19)15-12-10-8-6-4-5-7-9-11-13-16-18(20)21/h12,15,17,19H,2-11,13-14,16H2,1H3,(H,20,21). The van der Waals surface area contributed by atoms with Gasteiger partial charge >= 0.3 is 5.97 Å². The van der Waals surface area contributed by atoms with E-state index in [0.29, 0.717) is 6.42 Å². The minimum Gasteiger partial charge on any atom is -0.481 e. The van der Waals surface area contributed by atoms with Crippen LogP contribution in [0.2, 0.25) is 0 Å². The third-order valence-corrected chi connectivity index (χ3v) is 3.72. The lowest BCUT2D eigenvalue weighted by Gasteiger charge is -2.03. The second-order valence-corrected chi connectivity index (χ2v) is 5.90. The largest absolute Gasteiger partial charge is 0.481 e. The Labute approximate surface area is 130 Å². The number of unbranched alkanes of at least 4 members (excludes halogenated alkanes) is 9. The number of carboxylic acids is 1. The fourth-order valence-electron chi connectivity index (χ4n) is 2.36. The fraction of sp³-hybridized carbons (Fsp3) is 0.833. The van der Waals surface area contributed by atoms with Crippen LogP contribution in [0.3, 0.4) is 0 Å². The van der Waals surface area contributed by atoms with Crippen LogP contribution in [-0.4, -0.2) is 22.3 Å². The van der Waals surface area contributed by atoms with Crippen molar-refractivity contribution in [1.82, 2.24) is 0 Å². The van der Waals surface area contributed by atoms with E-state index >= 15 is 0 Å². The van der Waals surface area contributed by atoms with E-state index in [0.717, 1.165) is 44.9 Å². The highest BCUT2D eigenvalue weighted by atomic mass is 16.4. The van der Waals surface area contributed by atoms with Crippen LogP contribution in [0.25, 0.3) is 0 Å². The summed E-state index contributed by atoms with van der Waals surface area (Å²) in [6, 6.07) is 0. The highest BCUT2D eigenvalue weighted by molar-refractivity contribution is 5.66. The lowest BCUT2D eigenvalue weighted by atomic mass is 10.1. The van der Waals surface area contributed by atoms with Crippen LogP contribution in [0.15, 0.2) is 12.2 Å². The molecule has 0 aromatic carbocycles. The van der Waals surface area contributed by atoms with Crippen LogP contribution < -0.4 is 0 Å². The van der Waals surface area contributed by atoms with E-state index in [4.69, 9.17) is 5.11 Å². The van der Waals surface area contributed by atoms with E-state index in [2.05, 4.69) is 13.0 Å². The molecule has 0 rings (SSSR count). The third-order valence-electron chi connectivity index (χ3n) is 3.72. The summed E-state index contributed by atoms with van der Waals surface area (Å²) in [5.41, 5.74) is 0. The highest BCUT2D eigenvalue weighted by Crippen LogP contribution is 2.11. The van der Waals surface area contributed by atoms with Gasteiger partial charge < -0.3 is 10.2 Å². The Hall–Kier alpha value is -0.830. The molecule has 1 atom stereocenters. The van der Waals surface area contributed by atoms with Gasteiger partial charge in [-0.25, -0.2) is 0 Å². The second kappa shape index (κ2) is 15.6. The maximum Gasteiger partial charge on any atom is 0.303 e. The van der Waals surface area contributed by atoms with E-state index in [1.165, 1.54) is 32.1 Å². The molecule has 0 spiro atoms. The topological polar surface area (TPSA) is 57.5 Å². The first-order valence-corrected chi connectivity index (χ1v) is 8.73. The number of aliphatic hydroxyl groups is 1. The Kier molecular flexibility index (Phi) is 14.9. The van der Waals surface area contributed by atoms with Gasteiger partial charge in [0.1, 0.15) is 0 Å². The zero-order valence-corrected chi connectivity index (χ0v) is 13.7. The summed E-state index contributed by atoms with van der Waals surface area (Å²) >= 11 is 0. The molecule has 124 valence electrons. The Bertz CT molecular complexity index is 261. The predicted molar refractivity (Wildman–Crippen MR) is 88.5 cm³/mol. The van der Waals surface area contributed by atoms with Gasteiger partial charge in [0.2, 0.25) is 0 Å². The molecule has 0 heterocycles. The van der Waals surface area contributed by atoms with Crippen molar-refractivity contribution in [2.75, 3.05) is 0 Å². The van der Waals surface area contributed by atoms with Crippen LogP contribution >= 0.6 is 0 Å². The van der Waals surface area contributed by atoms with Crippen molar-refractivity contribution in [1.29, 1.82) is 0 Å². The summed E-state index contributed by atoms with van der Waals surface area (Å²) < 4.78 is 0. The number of carboxylic acid groups (broad SMARTS) is 1. The van der Waals surface area contributed by atoms with Crippen LogP contribution in [0.5, 0.6) is 0 Å². The van der Waals surface area contributed by atoms with Crippen molar-refractivity contribution >= 4 is 5.97 Å². The van der Waals surface area contributed by atoms with Gasteiger partial charge in [-0.2, -0.15) is 0 Å². The van der Waals surface area contributed by atoms with Gasteiger partial charge in [0.05, 0.1) is 6.10 Å². The summed E-state index contributed by atoms with van der Waals surface area (Å²) in [5, 5.41) is 18.1. The highest BCUT2D eigenvalue weighted by Gasteiger charge is 1.97. The first kappa shape index (κ1) is 20.2. The smallest absolute Gasteiger partial charge is 0.303 e. The molecular formula is C18H34O3. The molecule has 0 aliphatic heterocycles. The zero-order valence-electron chi connectivity index (χ0n) is 13.7. The average molecular weight is 298 g/mol. The molecule has 21 heavy (non-hydrogen) atoms. The van der Waals surface area contributed by atoms with Gasteiger partial charge in [-0.15, -0.1) is 0 Å². The zero-order chi connectivity index (χ0) is 15.8. The summed E-state index contributed by atoms with van der Waals surface area (Å²) in [6.45, 7) is 2.14. The molecule has 0 aliphatic carbocycles. The van der Waals surface area contributed by atoms with Crippen molar-refractivity contribution in [3.05, 3.63) is 12.2 Å². The molecule has 0 amide bonds. The fourth-order valence-corrected chi connectivity index (χ4v) is 2.36. The van der Waals surface area contributed by atoms with Crippen LogP contribution in [0.1, 0.15) is 90.4 Å². The van der Waals surface area contributed by atoms with Gasteiger partial charge in [0.25, 0.3) is 0 Å². The molecule has 0 radical (unpaired) electrons. The quantitative estimate of drug-likeness (QED) is 0.327. The SMILES string of the molecule is CCCCC(O)C=CCCCCCCCCCCC(=O)O. The van der Waals surface area contributed by atoms with E-state index < -0.39 is 5.97 Å². The molecule has 0 fully saturated rings. The van der Waals surface area contributed by atoms with E-state index in [1.807, 2.05) is 6.08 Å². The molecule has 2 N–H and O–H groups in total. The number of rotatable bonds is 15. The molecule has 0 aromatic heterocycles. The lowest BCUT2D eigenvalue weighted by Crippen LogP contribution is -2.00. The molecule has 0 bridgehead atoms. The summed E-state index contributed by atoms with van der Waals surface area (Å²) in [5.74, 6) is -0.678. The van der Waals surface area contributed by atoms with Crippen molar-refractivity contribution in [3.8, 4) is 0 Å². The molecule has 0 saturated heterocycles. The number of aliphatic carboxylic acids is 1. The number of carbonyl (C=O) groups is 1. The number of allylic oxidation sites excluding steroid dienone is 1. The maximum atomic E-state index is 10.3. The lowest BCUT2D eigenvalue weighted by molar-refractivity contribution is -0.137. The first-order valence-electron chi connectivity index (χ1n) is 8.73. The first-order chi connectivity index (χ1) is 10.2. The summed E-state index contributed by atoms with van der Waals surface area (Å²) in [7, 11) is 0. The minimum atomic E-state index is -0.678. The van der Waals surface area contributed by atoms with E-state index in [1.54, 1.807) is 0 Å². The van der Waals surface area contributed by atoms with Crippen molar-refractivity contribution in [3.63, 3.8) is 0 Å². The predicted octanol–water partition coefficient (Wildman–Crippen LogP) is 5.08. The molecular weight excluding hydrogens is 264 g/mol. The monoisotopic (exact) mass is 298 g/mol. The van der Waals surface area contributed by atoms with Crippen LogP contribution in [-0.2, 0) is 4.79 Å². The van der Waals surface area contributed by atoms with Gasteiger partial charge in [0, 0.05) is 6.42 Å². The summed E-state index contributed by atoms with van der Waals surface area (Å²) in [6.07, 6.45) is 17.6. The van der Waals surface area contributed by atoms with Crippen molar-refractivity contribution in [2.45, 2.75) is 96.5 Å². The Balaban J connectivity index is 3.18. The third kappa shape index (κ3) is 17.1. The number of hydrogen-bond acceptors (Lipinski definition) is 2. The maximum absolute atomic E-state index is 10.3. The average Bonchev–Trinajstić information content (AvgIpc) is 2.45. The number of aliphatic hydroxyl groups excluding tert-OH is 1. The van der Waals surface area contributed by atoms with Crippen molar-refractivity contribution < 1.29 is 15.0 Å². The van der Waals surface area contributed by atoms with Gasteiger partial charge in [-0.05, 0) is 25.7 Å². The van der Waals surface area contributed by atoms with E-state index in [9.17, 15) is 9.90 Å². The summed E-state index contributed by atoms with van der Waals surface area (Å²) in [4.78, 5) is 10.3. The Morgan fingerprint density at radius 2 is 1.52 bits per heavy atom. The van der Waals surface area contributed by atoms with Gasteiger partial charge in [-0.3, -0.25) is 4.79 Å². The molecule has 0 aliphatic rings.